The van der Waals surface area contributed by atoms with E-state index in [1.54, 1.807) is 30.5 Å². The molecule has 2 heterocycles. The standard InChI is InChI=1S/C18H19N3O3/c1-12-5-6-16(24-2)15(8-12)20-18(23)13-9-17(22)21(11-13)14-4-3-7-19-10-14/h3-8,10,13H,9,11H2,1-2H3,(H,20,23). The Hall–Kier alpha value is -2.89. The fourth-order valence-corrected chi connectivity index (χ4v) is 2.80. The summed E-state index contributed by atoms with van der Waals surface area (Å²) in [6.07, 6.45) is 3.47. The minimum absolute atomic E-state index is 0.0700. The van der Waals surface area contributed by atoms with Crippen molar-refractivity contribution in [3.63, 3.8) is 0 Å². The van der Waals surface area contributed by atoms with E-state index in [9.17, 15) is 9.59 Å². The number of aryl methyl sites for hydroxylation is 1. The van der Waals surface area contributed by atoms with Crippen LogP contribution in [0.2, 0.25) is 0 Å². The smallest absolute Gasteiger partial charge is 0.229 e. The number of methoxy groups -OCH3 is 1. The molecule has 1 N–H and O–H groups in total. The molecule has 1 fully saturated rings. The molecule has 0 saturated carbocycles. The number of benzene rings is 1. The van der Waals surface area contributed by atoms with Crippen LogP contribution in [0.4, 0.5) is 11.4 Å². The second-order valence-corrected chi connectivity index (χ2v) is 5.81. The van der Waals surface area contributed by atoms with Gasteiger partial charge in [-0.2, -0.15) is 0 Å². The van der Waals surface area contributed by atoms with Crippen molar-refractivity contribution in [2.24, 2.45) is 5.92 Å². The molecular formula is C18H19N3O3. The first-order valence-corrected chi connectivity index (χ1v) is 7.74. The van der Waals surface area contributed by atoms with E-state index in [1.165, 1.54) is 0 Å². The third-order valence-corrected chi connectivity index (χ3v) is 4.07. The Morgan fingerprint density at radius 1 is 1.38 bits per heavy atom. The molecule has 1 atom stereocenters. The van der Waals surface area contributed by atoms with Crippen molar-refractivity contribution in [1.29, 1.82) is 0 Å². The molecule has 0 aliphatic carbocycles. The van der Waals surface area contributed by atoms with Crippen LogP contribution in [0.25, 0.3) is 0 Å². The minimum Gasteiger partial charge on any atom is -0.495 e. The number of hydrogen-bond acceptors (Lipinski definition) is 4. The van der Waals surface area contributed by atoms with E-state index in [0.717, 1.165) is 5.56 Å². The van der Waals surface area contributed by atoms with Crippen LogP contribution in [0.15, 0.2) is 42.7 Å². The first kappa shape index (κ1) is 16.0. The Morgan fingerprint density at radius 3 is 2.92 bits per heavy atom. The zero-order chi connectivity index (χ0) is 17.1. The zero-order valence-electron chi connectivity index (χ0n) is 13.7. The molecule has 124 valence electrons. The molecule has 1 aliphatic rings. The SMILES string of the molecule is COc1ccc(C)cc1NC(=O)C1CC(=O)N(c2cccnc2)C1. The summed E-state index contributed by atoms with van der Waals surface area (Å²) >= 11 is 0. The number of amides is 2. The number of aromatic nitrogens is 1. The summed E-state index contributed by atoms with van der Waals surface area (Å²) in [5.74, 6) is -0.0525. The first-order valence-electron chi connectivity index (χ1n) is 7.74. The van der Waals surface area contributed by atoms with Crippen LogP contribution < -0.4 is 15.0 Å². The molecule has 0 radical (unpaired) electrons. The Morgan fingerprint density at radius 2 is 2.21 bits per heavy atom. The molecule has 1 saturated heterocycles. The molecule has 0 bridgehead atoms. The van der Waals surface area contributed by atoms with Gasteiger partial charge in [-0.05, 0) is 36.8 Å². The number of anilines is 2. The van der Waals surface area contributed by atoms with Crippen LogP contribution in [-0.4, -0.2) is 30.5 Å². The van der Waals surface area contributed by atoms with Gasteiger partial charge in [0.15, 0.2) is 0 Å². The topological polar surface area (TPSA) is 71.5 Å². The van der Waals surface area contributed by atoms with Crippen LogP contribution >= 0.6 is 0 Å². The molecule has 2 amide bonds. The molecule has 0 spiro atoms. The van der Waals surface area contributed by atoms with Crippen molar-refractivity contribution in [3.8, 4) is 5.75 Å². The molecule has 3 rings (SSSR count). The normalized spacial score (nSPS) is 17.0. The number of carbonyl (C=O) groups is 2. The number of rotatable bonds is 4. The van der Waals surface area contributed by atoms with E-state index in [0.29, 0.717) is 23.7 Å². The molecule has 24 heavy (non-hydrogen) atoms. The summed E-state index contributed by atoms with van der Waals surface area (Å²) in [6.45, 7) is 2.29. The highest BCUT2D eigenvalue weighted by Gasteiger charge is 2.35. The predicted molar refractivity (Wildman–Crippen MR) is 91.1 cm³/mol. The van der Waals surface area contributed by atoms with E-state index in [1.807, 2.05) is 31.2 Å². The number of ether oxygens (including phenoxy) is 1. The van der Waals surface area contributed by atoms with Crippen LogP contribution in [0.5, 0.6) is 5.75 Å². The molecule has 1 aliphatic heterocycles. The molecule has 6 heteroatoms. The Balaban J connectivity index is 1.73. The maximum Gasteiger partial charge on any atom is 0.229 e. The summed E-state index contributed by atoms with van der Waals surface area (Å²) in [7, 11) is 1.56. The highest BCUT2D eigenvalue weighted by Crippen LogP contribution is 2.28. The number of carbonyl (C=O) groups excluding carboxylic acids is 2. The van der Waals surface area contributed by atoms with Crippen LogP contribution in [0, 0.1) is 12.8 Å². The van der Waals surface area contributed by atoms with Crippen LogP contribution in [-0.2, 0) is 9.59 Å². The van der Waals surface area contributed by atoms with Crippen LogP contribution in [0.3, 0.4) is 0 Å². The average molecular weight is 325 g/mol. The summed E-state index contributed by atoms with van der Waals surface area (Å²) in [5.41, 5.74) is 2.35. The summed E-state index contributed by atoms with van der Waals surface area (Å²) < 4.78 is 5.28. The predicted octanol–water partition coefficient (Wildman–Crippen LogP) is 2.39. The minimum atomic E-state index is -0.400. The highest BCUT2D eigenvalue weighted by atomic mass is 16.5. The number of nitrogens with one attached hydrogen (secondary N) is 1. The van der Waals surface area contributed by atoms with Gasteiger partial charge < -0.3 is 15.0 Å². The van der Waals surface area contributed by atoms with Crippen molar-refractivity contribution >= 4 is 23.2 Å². The van der Waals surface area contributed by atoms with Crippen molar-refractivity contribution < 1.29 is 14.3 Å². The maximum atomic E-state index is 12.6. The monoisotopic (exact) mass is 325 g/mol. The number of pyridine rings is 1. The van der Waals surface area contributed by atoms with Crippen molar-refractivity contribution in [1.82, 2.24) is 4.98 Å². The second-order valence-electron chi connectivity index (χ2n) is 5.81. The quantitative estimate of drug-likeness (QED) is 0.937. The highest BCUT2D eigenvalue weighted by molar-refractivity contribution is 6.03. The third kappa shape index (κ3) is 3.22. The van der Waals surface area contributed by atoms with E-state index in [-0.39, 0.29) is 18.2 Å². The fraction of sp³-hybridized carbons (Fsp3) is 0.278. The van der Waals surface area contributed by atoms with Gasteiger partial charge in [-0.3, -0.25) is 14.6 Å². The summed E-state index contributed by atoms with van der Waals surface area (Å²) in [4.78, 5) is 30.4. The van der Waals surface area contributed by atoms with Crippen molar-refractivity contribution in [2.45, 2.75) is 13.3 Å². The van der Waals surface area contributed by atoms with Crippen molar-refractivity contribution in [2.75, 3.05) is 23.9 Å². The lowest BCUT2D eigenvalue weighted by Crippen LogP contribution is -2.28. The van der Waals surface area contributed by atoms with Gasteiger partial charge in [-0.15, -0.1) is 0 Å². The summed E-state index contributed by atoms with van der Waals surface area (Å²) in [5, 5.41) is 2.88. The molecule has 1 unspecified atom stereocenters. The van der Waals surface area contributed by atoms with E-state index < -0.39 is 5.92 Å². The van der Waals surface area contributed by atoms with Gasteiger partial charge >= 0.3 is 0 Å². The Kier molecular flexibility index (Phi) is 4.46. The molecule has 1 aromatic heterocycles. The van der Waals surface area contributed by atoms with Gasteiger partial charge in [-0.25, -0.2) is 0 Å². The number of hydrogen-bond donors (Lipinski definition) is 1. The molecular weight excluding hydrogens is 306 g/mol. The lowest BCUT2D eigenvalue weighted by atomic mass is 10.1. The lowest BCUT2D eigenvalue weighted by Gasteiger charge is -2.16. The van der Waals surface area contributed by atoms with Gasteiger partial charge in [-0.1, -0.05) is 6.07 Å². The Labute approximate surface area is 140 Å². The lowest BCUT2D eigenvalue weighted by molar-refractivity contribution is -0.122. The van der Waals surface area contributed by atoms with Crippen molar-refractivity contribution in [3.05, 3.63) is 48.3 Å². The molecule has 1 aromatic carbocycles. The van der Waals surface area contributed by atoms with Gasteiger partial charge in [0.05, 0.1) is 30.6 Å². The van der Waals surface area contributed by atoms with Gasteiger partial charge in [0.2, 0.25) is 11.8 Å². The largest absolute Gasteiger partial charge is 0.495 e. The van der Waals surface area contributed by atoms with Gasteiger partial charge in [0, 0.05) is 19.2 Å². The van der Waals surface area contributed by atoms with Crippen LogP contribution in [0.1, 0.15) is 12.0 Å². The average Bonchev–Trinajstić information content (AvgIpc) is 2.98. The first-order chi connectivity index (χ1) is 11.6. The second kappa shape index (κ2) is 6.70. The Bertz CT molecular complexity index is 761. The number of nitrogens with zero attached hydrogens (tertiary/aromatic N) is 2. The molecule has 2 aromatic rings. The fourth-order valence-electron chi connectivity index (χ4n) is 2.80. The summed E-state index contributed by atoms with van der Waals surface area (Å²) in [6, 6.07) is 9.17. The van der Waals surface area contributed by atoms with E-state index in [2.05, 4.69) is 10.3 Å². The van der Waals surface area contributed by atoms with E-state index in [4.69, 9.17) is 4.74 Å². The third-order valence-electron chi connectivity index (χ3n) is 4.07. The maximum absolute atomic E-state index is 12.6. The zero-order valence-corrected chi connectivity index (χ0v) is 13.7. The molecule has 6 nitrogen and oxygen atoms in total. The van der Waals surface area contributed by atoms with Gasteiger partial charge in [0.25, 0.3) is 0 Å². The van der Waals surface area contributed by atoms with E-state index >= 15 is 0 Å². The van der Waals surface area contributed by atoms with Gasteiger partial charge in [0.1, 0.15) is 5.75 Å².